The van der Waals surface area contributed by atoms with Crippen LogP contribution in [0.25, 0.3) is 0 Å². The molecule has 1 fully saturated rings. The predicted octanol–water partition coefficient (Wildman–Crippen LogP) is 4.47. The zero-order chi connectivity index (χ0) is 21.9. The summed E-state index contributed by atoms with van der Waals surface area (Å²) in [6.45, 7) is 9.08. The molecule has 5 nitrogen and oxygen atoms in total. The van der Waals surface area contributed by atoms with Gasteiger partial charge in [0.2, 0.25) is 10.0 Å². The molecule has 1 aliphatic rings. The summed E-state index contributed by atoms with van der Waals surface area (Å²) in [6, 6.07) is 12.8. The number of amides is 1. The predicted molar refractivity (Wildman–Crippen MR) is 120 cm³/mol. The quantitative estimate of drug-likeness (QED) is 0.738. The van der Waals surface area contributed by atoms with E-state index in [2.05, 4.69) is 31.3 Å². The molecule has 1 N–H and O–H groups in total. The lowest BCUT2D eigenvalue weighted by atomic mass is 10.0. The molecule has 30 heavy (non-hydrogen) atoms. The van der Waals surface area contributed by atoms with Crippen LogP contribution < -0.4 is 5.32 Å². The highest BCUT2D eigenvalue weighted by molar-refractivity contribution is 7.89. The van der Waals surface area contributed by atoms with Crippen LogP contribution in [0.15, 0.2) is 47.4 Å². The lowest BCUT2D eigenvalue weighted by molar-refractivity contribution is 0.0939. The average Bonchev–Trinajstić information content (AvgIpc) is 2.74. The van der Waals surface area contributed by atoms with Crippen molar-refractivity contribution in [1.82, 2.24) is 9.62 Å². The van der Waals surface area contributed by atoms with Crippen LogP contribution in [-0.2, 0) is 16.4 Å². The van der Waals surface area contributed by atoms with Gasteiger partial charge in [-0.25, -0.2) is 8.42 Å². The third-order valence-electron chi connectivity index (χ3n) is 6.07. The van der Waals surface area contributed by atoms with E-state index in [1.807, 2.05) is 26.0 Å². The number of carbonyl (C=O) groups is 1. The Balaban J connectivity index is 1.79. The van der Waals surface area contributed by atoms with Gasteiger partial charge in [-0.05, 0) is 67.9 Å². The van der Waals surface area contributed by atoms with Gasteiger partial charge in [-0.15, -0.1) is 0 Å². The standard InChI is InChI=1S/C24H32N2O3S/c1-5-20-7-9-21(10-8-20)19(4)25-24(27)23-16-22(11-6-18(23)3)30(28,29)26-14-12-17(2)13-15-26/h6-11,16-17,19H,5,12-15H2,1-4H3,(H,25,27). The van der Waals surface area contributed by atoms with E-state index in [0.29, 0.717) is 24.6 Å². The molecule has 6 heteroatoms. The van der Waals surface area contributed by atoms with E-state index in [0.717, 1.165) is 30.4 Å². The number of benzene rings is 2. The van der Waals surface area contributed by atoms with E-state index in [1.165, 1.54) is 15.9 Å². The molecule has 2 aromatic carbocycles. The van der Waals surface area contributed by atoms with Crippen molar-refractivity contribution in [2.24, 2.45) is 5.92 Å². The maximum Gasteiger partial charge on any atom is 0.252 e. The van der Waals surface area contributed by atoms with Gasteiger partial charge in [0.05, 0.1) is 10.9 Å². The number of aryl methyl sites for hydroxylation is 2. The van der Waals surface area contributed by atoms with Crippen LogP contribution in [0.3, 0.4) is 0 Å². The van der Waals surface area contributed by atoms with Crippen molar-refractivity contribution < 1.29 is 13.2 Å². The van der Waals surface area contributed by atoms with Gasteiger partial charge >= 0.3 is 0 Å². The minimum absolute atomic E-state index is 0.174. The van der Waals surface area contributed by atoms with E-state index in [9.17, 15) is 13.2 Å². The Bertz CT molecular complexity index is 992. The molecule has 2 aromatic rings. The lowest BCUT2D eigenvalue weighted by Crippen LogP contribution is -2.38. The maximum atomic E-state index is 13.1. The molecule has 1 atom stereocenters. The minimum atomic E-state index is -3.59. The van der Waals surface area contributed by atoms with Crippen molar-refractivity contribution in [3.05, 3.63) is 64.7 Å². The number of piperidine rings is 1. The first kappa shape index (κ1) is 22.5. The van der Waals surface area contributed by atoms with Gasteiger partial charge < -0.3 is 5.32 Å². The van der Waals surface area contributed by atoms with Crippen LogP contribution in [-0.4, -0.2) is 31.7 Å². The zero-order valence-electron chi connectivity index (χ0n) is 18.3. The van der Waals surface area contributed by atoms with Crippen LogP contribution in [0.1, 0.15) is 66.7 Å². The Morgan fingerprint density at radius 3 is 2.37 bits per heavy atom. The van der Waals surface area contributed by atoms with Crippen LogP contribution in [0.4, 0.5) is 0 Å². The smallest absolute Gasteiger partial charge is 0.252 e. The maximum absolute atomic E-state index is 13.1. The summed E-state index contributed by atoms with van der Waals surface area (Å²) in [5.41, 5.74) is 3.42. The molecule has 3 rings (SSSR count). The molecule has 1 saturated heterocycles. The molecule has 1 amide bonds. The van der Waals surface area contributed by atoms with Crippen molar-refractivity contribution >= 4 is 15.9 Å². The molecular weight excluding hydrogens is 396 g/mol. The first-order valence-electron chi connectivity index (χ1n) is 10.7. The summed E-state index contributed by atoms with van der Waals surface area (Å²) in [7, 11) is -3.59. The van der Waals surface area contributed by atoms with Crippen LogP contribution in [0.2, 0.25) is 0 Å². The molecule has 0 saturated carbocycles. The molecule has 162 valence electrons. The fraction of sp³-hybridized carbons (Fsp3) is 0.458. The second-order valence-corrected chi connectivity index (χ2v) is 10.3. The number of nitrogens with zero attached hydrogens (tertiary/aromatic N) is 1. The van der Waals surface area contributed by atoms with E-state index < -0.39 is 10.0 Å². The van der Waals surface area contributed by atoms with Crippen molar-refractivity contribution in [3.63, 3.8) is 0 Å². The summed E-state index contributed by atoms with van der Waals surface area (Å²) in [4.78, 5) is 13.1. The fourth-order valence-electron chi connectivity index (χ4n) is 3.78. The summed E-state index contributed by atoms with van der Waals surface area (Å²) >= 11 is 0. The summed E-state index contributed by atoms with van der Waals surface area (Å²) in [5.74, 6) is 0.285. The van der Waals surface area contributed by atoms with E-state index in [4.69, 9.17) is 0 Å². The van der Waals surface area contributed by atoms with E-state index in [-0.39, 0.29) is 16.8 Å². The van der Waals surface area contributed by atoms with E-state index >= 15 is 0 Å². The molecule has 0 spiro atoms. The normalized spacial score (nSPS) is 16.9. The topological polar surface area (TPSA) is 66.5 Å². The molecule has 1 aliphatic heterocycles. The van der Waals surface area contributed by atoms with Crippen molar-refractivity contribution in [2.45, 2.75) is 57.9 Å². The Morgan fingerprint density at radius 1 is 1.13 bits per heavy atom. The highest BCUT2D eigenvalue weighted by Gasteiger charge is 2.29. The second kappa shape index (κ2) is 9.31. The zero-order valence-corrected chi connectivity index (χ0v) is 19.1. The number of rotatable bonds is 6. The number of hydrogen-bond acceptors (Lipinski definition) is 3. The van der Waals surface area contributed by atoms with Gasteiger partial charge in [0, 0.05) is 18.7 Å². The molecule has 0 bridgehead atoms. The van der Waals surface area contributed by atoms with Crippen LogP contribution in [0.5, 0.6) is 0 Å². The molecule has 1 heterocycles. The van der Waals surface area contributed by atoms with E-state index in [1.54, 1.807) is 12.1 Å². The highest BCUT2D eigenvalue weighted by Crippen LogP contribution is 2.25. The molecule has 0 radical (unpaired) electrons. The second-order valence-electron chi connectivity index (χ2n) is 8.35. The van der Waals surface area contributed by atoms with Crippen molar-refractivity contribution in [3.8, 4) is 0 Å². The first-order chi connectivity index (χ1) is 14.2. The number of sulfonamides is 1. The molecule has 0 aliphatic carbocycles. The molecule has 1 unspecified atom stereocenters. The van der Waals surface area contributed by atoms with Gasteiger partial charge in [-0.2, -0.15) is 4.31 Å². The number of nitrogens with one attached hydrogen (secondary N) is 1. The summed E-state index contributed by atoms with van der Waals surface area (Å²) in [6.07, 6.45) is 2.71. The molecule has 0 aromatic heterocycles. The highest BCUT2D eigenvalue weighted by atomic mass is 32.2. The summed E-state index contributed by atoms with van der Waals surface area (Å²) < 4.78 is 27.7. The van der Waals surface area contributed by atoms with Gasteiger partial charge in [-0.1, -0.05) is 44.2 Å². The van der Waals surface area contributed by atoms with Gasteiger partial charge in [0.1, 0.15) is 0 Å². The average molecular weight is 429 g/mol. The summed E-state index contributed by atoms with van der Waals surface area (Å²) in [5, 5.41) is 3.01. The van der Waals surface area contributed by atoms with Crippen molar-refractivity contribution in [1.29, 1.82) is 0 Å². The van der Waals surface area contributed by atoms with Gasteiger partial charge in [0.25, 0.3) is 5.91 Å². The van der Waals surface area contributed by atoms with Gasteiger partial charge in [-0.3, -0.25) is 4.79 Å². The van der Waals surface area contributed by atoms with Crippen LogP contribution in [0, 0.1) is 12.8 Å². The SMILES string of the molecule is CCc1ccc(C(C)NC(=O)c2cc(S(=O)(=O)N3CCC(C)CC3)ccc2C)cc1. The Labute approximate surface area is 180 Å². The Hall–Kier alpha value is -2.18. The Kier molecular flexibility index (Phi) is 6.98. The third kappa shape index (κ3) is 4.93. The van der Waals surface area contributed by atoms with Crippen LogP contribution >= 0.6 is 0 Å². The van der Waals surface area contributed by atoms with Gasteiger partial charge in [0.15, 0.2) is 0 Å². The number of carbonyl (C=O) groups excluding carboxylic acids is 1. The molecular formula is C24H32N2O3S. The monoisotopic (exact) mass is 428 g/mol. The van der Waals surface area contributed by atoms with Crippen molar-refractivity contribution in [2.75, 3.05) is 13.1 Å². The third-order valence-corrected chi connectivity index (χ3v) is 7.96. The minimum Gasteiger partial charge on any atom is -0.346 e. The lowest BCUT2D eigenvalue weighted by Gasteiger charge is -2.29. The number of hydrogen-bond donors (Lipinski definition) is 1. The first-order valence-corrected chi connectivity index (χ1v) is 12.2. The Morgan fingerprint density at radius 2 is 1.77 bits per heavy atom. The fourth-order valence-corrected chi connectivity index (χ4v) is 5.28. The largest absolute Gasteiger partial charge is 0.346 e.